The normalized spacial score (nSPS) is 0. The molecule has 0 amide bonds. The molecular formula is Ga2InSn2+13. The van der Waals surface area contributed by atoms with E-state index in [1.165, 1.54) is 0 Å². The third-order valence-corrected chi connectivity index (χ3v) is 0. The summed E-state index contributed by atoms with van der Waals surface area (Å²) in [4.78, 5) is 0. The average molecular weight is 492 g/mol. The van der Waals surface area contributed by atoms with Crippen LogP contribution in [0.3, 0.4) is 0 Å². The van der Waals surface area contributed by atoms with Gasteiger partial charge in [-0.15, -0.1) is 0 Å². The summed E-state index contributed by atoms with van der Waals surface area (Å²) in [6.07, 6.45) is 0. The molecule has 4 radical (unpaired) electrons. The van der Waals surface area contributed by atoms with Gasteiger partial charge in [-0.1, -0.05) is 0 Å². The van der Waals surface area contributed by atoms with Gasteiger partial charge in [-0.05, 0) is 0 Å². The van der Waals surface area contributed by atoms with Crippen LogP contribution in [0.15, 0.2) is 0 Å². The van der Waals surface area contributed by atoms with Crippen LogP contribution in [0.4, 0.5) is 0 Å². The fourth-order valence-corrected chi connectivity index (χ4v) is 0. The van der Waals surface area contributed by atoms with Gasteiger partial charge >= 0.3 is 89.3 Å². The van der Waals surface area contributed by atoms with E-state index in [0.29, 0.717) is 0 Å². The summed E-state index contributed by atoms with van der Waals surface area (Å²) < 4.78 is 0. The Bertz CT molecular complexity index is 7.61. The van der Waals surface area contributed by atoms with Gasteiger partial charge in [0.05, 0.1) is 0 Å². The van der Waals surface area contributed by atoms with Crippen molar-refractivity contribution in [2.45, 2.75) is 0 Å². The third kappa shape index (κ3) is 18.2. The molecule has 4 valence electrons. The first-order chi connectivity index (χ1) is 0. The Balaban J connectivity index is 0. The molecule has 0 fully saturated rings. The number of hydrogen-bond acceptors (Lipinski definition) is 0. The zero-order chi connectivity index (χ0) is 0. The van der Waals surface area contributed by atoms with Crippen molar-refractivity contribution in [2.75, 3.05) is 0 Å². The van der Waals surface area contributed by atoms with Crippen LogP contribution in [0.2, 0.25) is 0 Å². The van der Waals surface area contributed by atoms with Crippen molar-refractivity contribution in [3.8, 4) is 0 Å². The van der Waals surface area contributed by atoms with Crippen LogP contribution in [-0.2, 0) is 0 Å². The summed E-state index contributed by atoms with van der Waals surface area (Å²) >= 11 is 0. The van der Waals surface area contributed by atoms with Crippen LogP contribution in [0.1, 0.15) is 0 Å². The first-order valence-electron chi connectivity index (χ1n) is 0. The molecule has 0 aliphatic heterocycles. The maximum Gasteiger partial charge on any atom is 4.00 e. The van der Waals surface area contributed by atoms with Gasteiger partial charge in [0.15, 0.2) is 0 Å². The Morgan fingerprint density at radius 2 is 0.800 bits per heavy atom. The maximum atomic E-state index is 0. The smallest absolute Gasteiger partial charge is 0 e. The fraction of sp³-hybridized carbons (Fsp3) is 0. The second-order valence-corrected chi connectivity index (χ2v) is 0. The Labute approximate surface area is 111 Å². The van der Waals surface area contributed by atoms with Crippen molar-refractivity contribution in [1.29, 1.82) is 0 Å². The molecule has 0 aromatic rings. The minimum absolute atomic E-state index is 0. The Morgan fingerprint density at radius 1 is 0.800 bits per heavy atom. The van der Waals surface area contributed by atoms with Gasteiger partial charge in [-0.25, -0.2) is 0 Å². The zero-order valence-corrected chi connectivity index (χ0v) is 16.6. The molecule has 0 aromatic carbocycles. The quantitative estimate of drug-likeness (QED) is 0.347. The van der Waals surface area contributed by atoms with Crippen LogP contribution in [0.25, 0.3) is 0 Å². The summed E-state index contributed by atoms with van der Waals surface area (Å²) in [6.45, 7) is 0. The van der Waals surface area contributed by atoms with Crippen molar-refractivity contribution < 1.29 is 0 Å². The van der Waals surface area contributed by atoms with Crippen molar-refractivity contribution >= 4 is 113 Å². The molecule has 0 heterocycles. The van der Waals surface area contributed by atoms with Gasteiger partial charge in [-0.3, -0.25) is 0 Å². The SMILES string of the molecule is [Ga+3].[Ga+3].[In+3].[Sn+4].[Sn]. The summed E-state index contributed by atoms with van der Waals surface area (Å²) in [7, 11) is 0. The van der Waals surface area contributed by atoms with E-state index in [1.807, 2.05) is 0 Å². The predicted molar refractivity (Wildman–Crippen MR) is 28.8 cm³/mol. The summed E-state index contributed by atoms with van der Waals surface area (Å²) in [5.41, 5.74) is 0. The first-order valence-corrected chi connectivity index (χ1v) is 0. The molecule has 0 aliphatic carbocycles. The average Bonchev–Trinajstić information content (AvgIpc) is 0. The molecule has 0 saturated carbocycles. The molecule has 0 bridgehead atoms. The van der Waals surface area contributed by atoms with Gasteiger partial charge < -0.3 is 0 Å². The fourth-order valence-electron chi connectivity index (χ4n) is 0. The second-order valence-electron chi connectivity index (χ2n) is 0. The maximum absolute atomic E-state index is 0. The first kappa shape index (κ1) is 37.4. The standard InChI is InChI=1S/2Ga.In.2Sn/q3*+3;;+4. The minimum atomic E-state index is 0. The summed E-state index contributed by atoms with van der Waals surface area (Å²) in [5.74, 6) is 0. The molecule has 0 aromatic heterocycles. The van der Waals surface area contributed by atoms with Crippen LogP contribution < -0.4 is 0 Å². The third-order valence-electron chi connectivity index (χ3n) is 0. The molecule has 0 atom stereocenters. The molecule has 0 rings (SSSR count). The van der Waals surface area contributed by atoms with Crippen LogP contribution in [0.5, 0.6) is 0 Å². The van der Waals surface area contributed by atoms with E-state index in [-0.39, 0.29) is 113 Å². The van der Waals surface area contributed by atoms with Gasteiger partial charge in [0, 0.05) is 23.9 Å². The molecule has 5 heteroatoms. The Morgan fingerprint density at radius 3 is 0.800 bits per heavy atom. The predicted octanol–water partition coefficient (Wildman–Crippen LogP) is -1.90. The van der Waals surface area contributed by atoms with Gasteiger partial charge in [0.25, 0.3) is 0 Å². The largest absolute Gasteiger partial charge is 4.00 e. The molecule has 5 heavy (non-hydrogen) atoms. The Kier molecular flexibility index (Phi) is 188. The van der Waals surface area contributed by atoms with Gasteiger partial charge in [0.1, 0.15) is 0 Å². The summed E-state index contributed by atoms with van der Waals surface area (Å²) in [5, 5.41) is 0. The van der Waals surface area contributed by atoms with E-state index in [0.717, 1.165) is 0 Å². The van der Waals surface area contributed by atoms with E-state index in [9.17, 15) is 0 Å². The van der Waals surface area contributed by atoms with Crippen molar-refractivity contribution in [3.05, 3.63) is 0 Å². The number of rotatable bonds is 0. The van der Waals surface area contributed by atoms with Crippen LogP contribution in [-0.4, -0.2) is 113 Å². The Hall–Kier alpha value is 3.74. The molecule has 0 N–H and O–H groups in total. The number of hydrogen-bond donors (Lipinski definition) is 0. The zero-order valence-electron chi connectivity index (χ0n) is 2.73. The van der Waals surface area contributed by atoms with E-state index in [1.54, 1.807) is 0 Å². The van der Waals surface area contributed by atoms with E-state index in [4.69, 9.17) is 0 Å². The van der Waals surface area contributed by atoms with E-state index in [2.05, 4.69) is 0 Å². The van der Waals surface area contributed by atoms with Gasteiger partial charge in [-0.2, -0.15) is 0 Å². The van der Waals surface area contributed by atoms with Crippen molar-refractivity contribution in [3.63, 3.8) is 0 Å². The monoisotopic (exact) mass is 493 g/mol. The van der Waals surface area contributed by atoms with Crippen LogP contribution in [0, 0.1) is 0 Å². The topological polar surface area (TPSA) is 0 Å². The van der Waals surface area contributed by atoms with E-state index >= 15 is 0 Å². The molecule has 0 aliphatic rings. The van der Waals surface area contributed by atoms with Crippen LogP contribution >= 0.6 is 0 Å². The van der Waals surface area contributed by atoms with Crippen molar-refractivity contribution in [2.24, 2.45) is 0 Å². The molecular weight excluding hydrogens is 492 g/mol. The minimum Gasteiger partial charge on any atom is 0 e. The summed E-state index contributed by atoms with van der Waals surface area (Å²) in [6, 6.07) is 0. The van der Waals surface area contributed by atoms with Gasteiger partial charge in [0.2, 0.25) is 0 Å². The molecule has 0 saturated heterocycles. The molecule has 0 nitrogen and oxygen atoms in total. The van der Waals surface area contributed by atoms with Crippen molar-refractivity contribution in [1.82, 2.24) is 0 Å². The van der Waals surface area contributed by atoms with E-state index < -0.39 is 0 Å². The second kappa shape index (κ2) is 25.1. The molecule has 0 unspecified atom stereocenters. The molecule has 0 spiro atoms.